The van der Waals surface area contributed by atoms with Gasteiger partial charge in [0, 0.05) is 34.9 Å². The highest BCUT2D eigenvalue weighted by atomic mass is 35.5. The molecule has 27 heavy (non-hydrogen) atoms. The average Bonchev–Trinajstić information content (AvgIpc) is 3.10. The summed E-state index contributed by atoms with van der Waals surface area (Å²) in [5.41, 5.74) is 4.18. The van der Waals surface area contributed by atoms with Crippen LogP contribution in [0.3, 0.4) is 0 Å². The minimum atomic E-state index is -0.0669. The van der Waals surface area contributed by atoms with Crippen LogP contribution in [0, 0.1) is 13.8 Å². The van der Waals surface area contributed by atoms with Gasteiger partial charge in [-0.05, 0) is 43.7 Å². The lowest BCUT2D eigenvalue weighted by Crippen LogP contribution is -2.17. The second-order valence-electron chi connectivity index (χ2n) is 6.20. The van der Waals surface area contributed by atoms with Gasteiger partial charge in [0.25, 0.3) is 5.56 Å². The summed E-state index contributed by atoms with van der Waals surface area (Å²) in [6.07, 6.45) is 3.67. The third kappa shape index (κ3) is 3.38. The number of imidazole rings is 1. The maximum Gasteiger partial charge on any atom is 0.258 e. The van der Waals surface area contributed by atoms with Gasteiger partial charge in [0.2, 0.25) is 0 Å². The number of hydrogen-bond donors (Lipinski definition) is 0. The lowest BCUT2D eigenvalue weighted by atomic mass is 10.2. The van der Waals surface area contributed by atoms with Gasteiger partial charge in [-0.2, -0.15) is 0 Å². The number of nitrogens with zero attached hydrogens (tertiary/aromatic N) is 4. The van der Waals surface area contributed by atoms with E-state index in [4.69, 9.17) is 11.6 Å². The Labute approximate surface area is 165 Å². The molecular formula is C20H17ClN4OS. The minimum Gasteiger partial charge on any atom is -0.295 e. The van der Waals surface area contributed by atoms with Crippen molar-refractivity contribution in [1.82, 2.24) is 18.9 Å². The summed E-state index contributed by atoms with van der Waals surface area (Å²) >= 11 is 7.79. The first-order valence-electron chi connectivity index (χ1n) is 8.44. The number of aromatic nitrogens is 4. The molecule has 0 aliphatic carbocycles. The molecule has 0 unspecified atom stereocenters. The fraction of sp³-hybridized carbons (Fsp3) is 0.150. The Bertz CT molecular complexity index is 1200. The van der Waals surface area contributed by atoms with Gasteiger partial charge in [-0.25, -0.2) is 9.97 Å². The van der Waals surface area contributed by atoms with Crippen LogP contribution in [-0.2, 0) is 5.75 Å². The fourth-order valence-corrected chi connectivity index (χ4v) is 4.04. The molecule has 4 rings (SSSR count). The first kappa shape index (κ1) is 17.8. The Morgan fingerprint density at radius 3 is 2.81 bits per heavy atom. The monoisotopic (exact) mass is 396 g/mol. The molecule has 7 heteroatoms. The predicted octanol–water partition coefficient (Wildman–Crippen LogP) is 4.44. The van der Waals surface area contributed by atoms with E-state index in [9.17, 15) is 4.79 Å². The van der Waals surface area contributed by atoms with Crippen LogP contribution in [0.5, 0.6) is 0 Å². The van der Waals surface area contributed by atoms with E-state index in [1.807, 2.05) is 61.0 Å². The number of benzene rings is 1. The zero-order valence-electron chi connectivity index (χ0n) is 14.9. The van der Waals surface area contributed by atoms with Crippen molar-refractivity contribution in [1.29, 1.82) is 0 Å². The molecule has 1 aromatic carbocycles. The number of thioether (sulfide) groups is 1. The molecule has 5 nitrogen and oxygen atoms in total. The third-order valence-corrected chi connectivity index (χ3v) is 5.80. The molecule has 0 N–H and O–H groups in total. The van der Waals surface area contributed by atoms with Gasteiger partial charge < -0.3 is 0 Å². The highest BCUT2D eigenvalue weighted by molar-refractivity contribution is 7.98. The summed E-state index contributed by atoms with van der Waals surface area (Å²) in [6, 6.07) is 13.0. The maximum absolute atomic E-state index is 12.4. The van der Waals surface area contributed by atoms with Gasteiger partial charge in [0.15, 0.2) is 5.16 Å². The lowest BCUT2D eigenvalue weighted by Gasteiger charge is -2.11. The zero-order valence-corrected chi connectivity index (χ0v) is 16.5. The van der Waals surface area contributed by atoms with Crippen molar-refractivity contribution in [3.8, 4) is 5.69 Å². The fourth-order valence-electron chi connectivity index (χ4n) is 3.01. The Hall–Kier alpha value is -2.57. The summed E-state index contributed by atoms with van der Waals surface area (Å²) < 4.78 is 3.62. The van der Waals surface area contributed by atoms with Gasteiger partial charge in [-0.15, -0.1) is 0 Å². The first-order valence-corrected chi connectivity index (χ1v) is 9.81. The molecule has 0 aliphatic heterocycles. The molecule has 0 saturated heterocycles. The Morgan fingerprint density at radius 2 is 1.96 bits per heavy atom. The Balaban J connectivity index is 1.64. The standard InChI is InChI=1S/C20H17ClN4OS/c1-13-5-3-8-18-23-15(11-19(26)25(13)18)12-27-20-22-9-10-24(20)17-7-4-6-16(21)14(17)2/h3-11H,12H2,1-2H3. The van der Waals surface area contributed by atoms with E-state index in [1.54, 1.807) is 16.7 Å². The van der Waals surface area contributed by atoms with Crippen LogP contribution in [-0.4, -0.2) is 18.9 Å². The van der Waals surface area contributed by atoms with Crippen LogP contribution in [0.1, 0.15) is 17.0 Å². The molecule has 4 aromatic rings. The lowest BCUT2D eigenvalue weighted by molar-refractivity contribution is 0.886. The van der Waals surface area contributed by atoms with E-state index in [0.717, 1.165) is 32.8 Å². The van der Waals surface area contributed by atoms with Crippen molar-refractivity contribution in [2.75, 3.05) is 0 Å². The van der Waals surface area contributed by atoms with E-state index >= 15 is 0 Å². The normalized spacial score (nSPS) is 11.2. The summed E-state index contributed by atoms with van der Waals surface area (Å²) in [5, 5.41) is 1.54. The molecule has 0 amide bonds. The molecule has 0 atom stereocenters. The van der Waals surface area contributed by atoms with E-state index in [2.05, 4.69) is 9.97 Å². The molecule has 0 spiro atoms. The van der Waals surface area contributed by atoms with Crippen LogP contribution < -0.4 is 5.56 Å². The van der Waals surface area contributed by atoms with Gasteiger partial charge in [-0.1, -0.05) is 35.5 Å². The SMILES string of the molecule is Cc1c(Cl)cccc1-n1ccnc1SCc1cc(=O)n2c(C)cccc2n1. The molecule has 0 saturated carbocycles. The molecule has 136 valence electrons. The Kier molecular flexibility index (Phi) is 4.76. The maximum atomic E-state index is 12.4. The van der Waals surface area contributed by atoms with Crippen molar-refractivity contribution >= 4 is 29.0 Å². The van der Waals surface area contributed by atoms with Crippen LogP contribution in [0.25, 0.3) is 11.3 Å². The molecule has 3 heterocycles. The van der Waals surface area contributed by atoms with Crippen LogP contribution in [0.4, 0.5) is 0 Å². The largest absolute Gasteiger partial charge is 0.295 e. The number of fused-ring (bicyclic) bond motifs is 1. The number of halogens is 1. The van der Waals surface area contributed by atoms with Crippen molar-refractivity contribution < 1.29 is 0 Å². The molecule has 0 fully saturated rings. The smallest absolute Gasteiger partial charge is 0.258 e. The van der Waals surface area contributed by atoms with Crippen LogP contribution >= 0.6 is 23.4 Å². The molecule has 0 bridgehead atoms. The van der Waals surface area contributed by atoms with Gasteiger partial charge in [0.05, 0.1) is 11.4 Å². The highest BCUT2D eigenvalue weighted by Crippen LogP contribution is 2.27. The second kappa shape index (κ2) is 7.21. The highest BCUT2D eigenvalue weighted by Gasteiger charge is 2.11. The van der Waals surface area contributed by atoms with Crippen molar-refractivity contribution in [3.05, 3.63) is 87.2 Å². The van der Waals surface area contributed by atoms with Gasteiger partial charge in [-0.3, -0.25) is 13.8 Å². The summed E-state index contributed by atoms with van der Waals surface area (Å²) in [5.74, 6) is 0.552. The van der Waals surface area contributed by atoms with E-state index < -0.39 is 0 Å². The van der Waals surface area contributed by atoms with E-state index in [1.165, 1.54) is 11.8 Å². The molecular weight excluding hydrogens is 380 g/mol. The molecule has 0 aliphatic rings. The van der Waals surface area contributed by atoms with Crippen molar-refractivity contribution in [3.63, 3.8) is 0 Å². The number of pyridine rings is 1. The summed E-state index contributed by atoms with van der Waals surface area (Å²) in [6.45, 7) is 3.88. The summed E-state index contributed by atoms with van der Waals surface area (Å²) in [7, 11) is 0. The quantitative estimate of drug-likeness (QED) is 0.478. The summed E-state index contributed by atoms with van der Waals surface area (Å²) in [4.78, 5) is 21.5. The van der Waals surface area contributed by atoms with E-state index in [0.29, 0.717) is 11.4 Å². The average molecular weight is 397 g/mol. The first-order chi connectivity index (χ1) is 13.0. The molecule has 0 radical (unpaired) electrons. The van der Waals surface area contributed by atoms with Crippen molar-refractivity contribution in [2.24, 2.45) is 0 Å². The predicted molar refractivity (Wildman–Crippen MR) is 109 cm³/mol. The second-order valence-corrected chi connectivity index (χ2v) is 7.55. The van der Waals surface area contributed by atoms with Crippen LogP contribution in [0.15, 0.2) is 64.8 Å². The minimum absolute atomic E-state index is 0.0669. The zero-order chi connectivity index (χ0) is 19.0. The topological polar surface area (TPSA) is 52.2 Å². The Morgan fingerprint density at radius 1 is 1.15 bits per heavy atom. The van der Waals surface area contributed by atoms with Gasteiger partial charge in [0.1, 0.15) is 5.65 Å². The number of rotatable bonds is 4. The number of hydrogen-bond acceptors (Lipinski definition) is 4. The van der Waals surface area contributed by atoms with Crippen molar-refractivity contribution in [2.45, 2.75) is 24.8 Å². The number of aryl methyl sites for hydroxylation is 1. The van der Waals surface area contributed by atoms with E-state index in [-0.39, 0.29) is 5.56 Å². The van der Waals surface area contributed by atoms with Crippen LogP contribution in [0.2, 0.25) is 5.02 Å². The van der Waals surface area contributed by atoms with Gasteiger partial charge >= 0.3 is 0 Å². The third-order valence-electron chi connectivity index (χ3n) is 4.39. The molecule has 3 aromatic heterocycles.